The van der Waals surface area contributed by atoms with Gasteiger partial charge in [0.25, 0.3) is 0 Å². The van der Waals surface area contributed by atoms with Crippen molar-refractivity contribution in [3.8, 4) is 0 Å². The average Bonchev–Trinajstić information content (AvgIpc) is 2.26. The molecule has 1 fully saturated rings. The van der Waals surface area contributed by atoms with Gasteiger partial charge in [0, 0.05) is 19.0 Å². The topological polar surface area (TPSA) is 72.6 Å². The molecule has 5 heteroatoms. The largest absolute Gasteiger partial charge is 0.444 e. The third kappa shape index (κ3) is 4.34. The van der Waals surface area contributed by atoms with Crippen molar-refractivity contribution in [2.24, 2.45) is 11.7 Å². The first kappa shape index (κ1) is 14.0. The molecular formula is C12H22N2O3. The predicted octanol–water partition coefficient (Wildman–Crippen LogP) is 1.16. The molecule has 1 rings (SSSR count). The lowest BCUT2D eigenvalue weighted by Crippen LogP contribution is -2.45. The van der Waals surface area contributed by atoms with Crippen LogP contribution in [0, 0.1) is 5.92 Å². The van der Waals surface area contributed by atoms with Crippen LogP contribution < -0.4 is 5.73 Å². The third-order valence-corrected chi connectivity index (χ3v) is 2.73. The van der Waals surface area contributed by atoms with E-state index in [0.717, 1.165) is 12.8 Å². The summed E-state index contributed by atoms with van der Waals surface area (Å²) in [6, 6.07) is 0. The second-order valence-corrected chi connectivity index (χ2v) is 5.44. The molecule has 0 saturated carbocycles. The number of ketones is 1. The van der Waals surface area contributed by atoms with Crippen LogP contribution in [0.5, 0.6) is 0 Å². The van der Waals surface area contributed by atoms with Gasteiger partial charge in [-0.1, -0.05) is 0 Å². The molecule has 0 aromatic heterocycles. The summed E-state index contributed by atoms with van der Waals surface area (Å²) in [6.45, 7) is 6.63. The number of carbonyl (C=O) groups is 2. The van der Waals surface area contributed by atoms with Crippen LogP contribution in [0.2, 0.25) is 0 Å². The summed E-state index contributed by atoms with van der Waals surface area (Å²) >= 11 is 0. The molecular weight excluding hydrogens is 220 g/mol. The fourth-order valence-corrected chi connectivity index (χ4v) is 1.90. The summed E-state index contributed by atoms with van der Waals surface area (Å²) in [7, 11) is 0. The van der Waals surface area contributed by atoms with Crippen molar-refractivity contribution >= 4 is 11.9 Å². The maximum atomic E-state index is 11.8. The molecule has 1 aliphatic rings. The molecule has 1 heterocycles. The molecule has 1 aliphatic heterocycles. The van der Waals surface area contributed by atoms with Crippen LogP contribution in [0.25, 0.3) is 0 Å². The van der Waals surface area contributed by atoms with E-state index in [1.165, 1.54) is 0 Å². The molecule has 0 unspecified atom stereocenters. The molecule has 0 aliphatic carbocycles. The highest BCUT2D eigenvalue weighted by Gasteiger charge is 2.30. The Labute approximate surface area is 102 Å². The number of nitrogens with two attached hydrogens (primary N) is 1. The van der Waals surface area contributed by atoms with Crippen LogP contribution in [0.3, 0.4) is 0 Å². The van der Waals surface area contributed by atoms with Crippen molar-refractivity contribution in [2.45, 2.75) is 39.2 Å². The van der Waals surface area contributed by atoms with E-state index < -0.39 is 5.60 Å². The van der Waals surface area contributed by atoms with Gasteiger partial charge in [-0.15, -0.1) is 0 Å². The number of piperidine rings is 1. The lowest BCUT2D eigenvalue weighted by Gasteiger charge is -2.33. The summed E-state index contributed by atoms with van der Waals surface area (Å²) in [5, 5.41) is 0. The Hall–Kier alpha value is -1.10. The average molecular weight is 242 g/mol. The molecule has 5 nitrogen and oxygen atoms in total. The first-order valence-corrected chi connectivity index (χ1v) is 6.04. The Kier molecular flexibility index (Phi) is 4.51. The van der Waals surface area contributed by atoms with E-state index in [1.54, 1.807) is 4.90 Å². The van der Waals surface area contributed by atoms with E-state index in [4.69, 9.17) is 10.5 Å². The summed E-state index contributed by atoms with van der Waals surface area (Å²) in [6.07, 6.45) is 1.30. The van der Waals surface area contributed by atoms with Crippen LogP contribution in [-0.4, -0.2) is 42.0 Å². The van der Waals surface area contributed by atoms with E-state index >= 15 is 0 Å². The Balaban J connectivity index is 2.55. The minimum Gasteiger partial charge on any atom is -0.444 e. The van der Waals surface area contributed by atoms with Gasteiger partial charge in [-0.05, 0) is 33.6 Å². The summed E-state index contributed by atoms with van der Waals surface area (Å²) in [4.78, 5) is 25.0. The van der Waals surface area contributed by atoms with Gasteiger partial charge in [-0.2, -0.15) is 0 Å². The highest BCUT2D eigenvalue weighted by molar-refractivity contribution is 5.83. The van der Waals surface area contributed by atoms with E-state index in [-0.39, 0.29) is 24.3 Å². The van der Waals surface area contributed by atoms with Gasteiger partial charge in [0.05, 0.1) is 6.54 Å². The quantitative estimate of drug-likeness (QED) is 0.788. The van der Waals surface area contributed by atoms with Gasteiger partial charge in [0.15, 0.2) is 5.78 Å². The molecule has 0 spiro atoms. The van der Waals surface area contributed by atoms with Crippen molar-refractivity contribution < 1.29 is 14.3 Å². The zero-order valence-corrected chi connectivity index (χ0v) is 10.9. The number of nitrogens with zero attached hydrogens (tertiary/aromatic N) is 1. The number of hydrogen-bond donors (Lipinski definition) is 1. The molecule has 0 aromatic carbocycles. The van der Waals surface area contributed by atoms with E-state index in [0.29, 0.717) is 13.1 Å². The second-order valence-electron chi connectivity index (χ2n) is 5.44. The van der Waals surface area contributed by atoms with Crippen molar-refractivity contribution in [2.75, 3.05) is 19.6 Å². The van der Waals surface area contributed by atoms with Gasteiger partial charge in [-0.3, -0.25) is 4.79 Å². The highest BCUT2D eigenvalue weighted by atomic mass is 16.6. The van der Waals surface area contributed by atoms with Gasteiger partial charge >= 0.3 is 6.09 Å². The molecule has 0 radical (unpaired) electrons. The van der Waals surface area contributed by atoms with Crippen molar-refractivity contribution in [1.82, 2.24) is 4.90 Å². The minimum absolute atomic E-state index is 0.0262. The SMILES string of the molecule is CC(C)(C)OC(=O)N1CCC[C@@H](C(=O)CN)C1. The zero-order valence-electron chi connectivity index (χ0n) is 10.9. The normalized spacial score (nSPS) is 21.2. The van der Waals surface area contributed by atoms with E-state index in [1.807, 2.05) is 20.8 Å². The Morgan fingerprint density at radius 1 is 1.41 bits per heavy atom. The number of amides is 1. The standard InChI is InChI=1S/C12H22N2O3/c1-12(2,3)17-11(16)14-6-4-5-9(8-14)10(15)7-13/h9H,4-8,13H2,1-3H3/t9-/m1/s1. The smallest absolute Gasteiger partial charge is 0.410 e. The first-order chi connectivity index (χ1) is 7.83. The van der Waals surface area contributed by atoms with Crippen molar-refractivity contribution in [3.63, 3.8) is 0 Å². The van der Waals surface area contributed by atoms with Crippen LogP contribution >= 0.6 is 0 Å². The van der Waals surface area contributed by atoms with Crippen molar-refractivity contribution in [3.05, 3.63) is 0 Å². The molecule has 1 saturated heterocycles. The lowest BCUT2D eigenvalue weighted by molar-refractivity contribution is -0.122. The first-order valence-electron chi connectivity index (χ1n) is 6.04. The van der Waals surface area contributed by atoms with Gasteiger partial charge in [0.2, 0.25) is 0 Å². The maximum absolute atomic E-state index is 11.8. The number of ether oxygens (including phenoxy) is 1. The van der Waals surface area contributed by atoms with Gasteiger partial charge in [-0.25, -0.2) is 4.79 Å². The Morgan fingerprint density at radius 3 is 2.59 bits per heavy atom. The van der Waals surface area contributed by atoms with E-state index in [9.17, 15) is 9.59 Å². The minimum atomic E-state index is -0.498. The number of rotatable bonds is 2. The molecule has 17 heavy (non-hydrogen) atoms. The molecule has 0 bridgehead atoms. The number of hydrogen-bond acceptors (Lipinski definition) is 4. The highest BCUT2D eigenvalue weighted by Crippen LogP contribution is 2.19. The number of likely N-dealkylation sites (tertiary alicyclic amines) is 1. The Bertz CT molecular complexity index is 297. The summed E-state index contributed by atoms with van der Waals surface area (Å²) in [5.41, 5.74) is 4.84. The maximum Gasteiger partial charge on any atom is 0.410 e. The second kappa shape index (κ2) is 5.49. The zero-order chi connectivity index (χ0) is 13.1. The third-order valence-electron chi connectivity index (χ3n) is 2.73. The van der Waals surface area contributed by atoms with Crippen LogP contribution in [-0.2, 0) is 9.53 Å². The van der Waals surface area contributed by atoms with E-state index in [2.05, 4.69) is 0 Å². The molecule has 1 atom stereocenters. The molecule has 98 valence electrons. The van der Waals surface area contributed by atoms with Gasteiger partial charge < -0.3 is 15.4 Å². The molecule has 1 amide bonds. The fraction of sp³-hybridized carbons (Fsp3) is 0.833. The van der Waals surface area contributed by atoms with Crippen LogP contribution in [0.1, 0.15) is 33.6 Å². The number of Topliss-reactive ketones (excluding diaryl/α,β-unsaturated/α-hetero) is 1. The molecule has 2 N–H and O–H groups in total. The van der Waals surface area contributed by atoms with Gasteiger partial charge in [0.1, 0.15) is 5.60 Å². The van der Waals surface area contributed by atoms with Crippen LogP contribution in [0.4, 0.5) is 4.79 Å². The fourth-order valence-electron chi connectivity index (χ4n) is 1.90. The Morgan fingerprint density at radius 2 is 2.06 bits per heavy atom. The van der Waals surface area contributed by atoms with Crippen molar-refractivity contribution in [1.29, 1.82) is 0 Å². The monoisotopic (exact) mass is 242 g/mol. The summed E-state index contributed by atoms with van der Waals surface area (Å²) in [5.74, 6) is -0.0977. The molecule has 0 aromatic rings. The number of carbonyl (C=O) groups excluding carboxylic acids is 2. The lowest BCUT2D eigenvalue weighted by atomic mass is 9.94. The van der Waals surface area contributed by atoms with Crippen LogP contribution in [0.15, 0.2) is 0 Å². The summed E-state index contributed by atoms with van der Waals surface area (Å²) < 4.78 is 5.28. The predicted molar refractivity (Wildman–Crippen MR) is 64.6 cm³/mol.